The normalized spacial score (nSPS) is 10.6. The Hall–Kier alpha value is -2.83. The molecule has 0 spiro atoms. The van der Waals surface area contributed by atoms with Crippen molar-refractivity contribution in [3.63, 3.8) is 0 Å². The summed E-state index contributed by atoms with van der Waals surface area (Å²) in [5.41, 5.74) is 2.96. The van der Waals surface area contributed by atoms with Crippen molar-refractivity contribution in [1.29, 1.82) is 0 Å². The summed E-state index contributed by atoms with van der Waals surface area (Å²) >= 11 is 0. The van der Waals surface area contributed by atoms with E-state index in [0.717, 1.165) is 11.3 Å². The van der Waals surface area contributed by atoms with Gasteiger partial charge in [-0.25, -0.2) is 4.79 Å². The molecule has 0 saturated carbocycles. The molecule has 0 radical (unpaired) electrons. The molecule has 1 aromatic carbocycles. The van der Waals surface area contributed by atoms with Crippen LogP contribution in [0.15, 0.2) is 30.5 Å². The zero-order valence-electron chi connectivity index (χ0n) is 15.1. The van der Waals surface area contributed by atoms with Crippen LogP contribution in [0.5, 0.6) is 0 Å². The van der Waals surface area contributed by atoms with Crippen LogP contribution in [0.25, 0.3) is 0 Å². The summed E-state index contributed by atoms with van der Waals surface area (Å²) in [7, 11) is 0. The lowest BCUT2D eigenvalue weighted by atomic mass is 10.1. The second-order valence-electron chi connectivity index (χ2n) is 6.26. The smallest absolute Gasteiger partial charge is 0.319 e. The second-order valence-corrected chi connectivity index (χ2v) is 6.26. The second kappa shape index (κ2) is 8.32. The molecule has 0 atom stereocenters. The molecule has 0 fully saturated rings. The summed E-state index contributed by atoms with van der Waals surface area (Å²) in [5.74, 6) is -0.160. The minimum atomic E-state index is -0.312. The molecule has 0 aliphatic heterocycles. The Balaban J connectivity index is 1.91. The molecule has 7 nitrogen and oxygen atoms in total. The highest BCUT2D eigenvalue weighted by Crippen LogP contribution is 2.17. The minimum Gasteiger partial charge on any atom is -0.350 e. The van der Waals surface area contributed by atoms with Crippen molar-refractivity contribution in [1.82, 2.24) is 20.4 Å². The van der Waals surface area contributed by atoms with E-state index in [0.29, 0.717) is 24.3 Å². The van der Waals surface area contributed by atoms with Crippen LogP contribution in [-0.4, -0.2) is 34.3 Å². The summed E-state index contributed by atoms with van der Waals surface area (Å²) in [6.07, 6.45) is 1.87. The minimum absolute atomic E-state index is 0.0550. The maximum atomic E-state index is 12.1. The number of aromatic nitrogens is 2. The van der Waals surface area contributed by atoms with E-state index < -0.39 is 0 Å². The number of hydrogen-bond acceptors (Lipinski definition) is 3. The molecule has 1 aromatic heterocycles. The monoisotopic (exact) mass is 343 g/mol. The van der Waals surface area contributed by atoms with Crippen molar-refractivity contribution in [2.75, 3.05) is 11.9 Å². The fourth-order valence-electron chi connectivity index (χ4n) is 2.28. The number of urea groups is 1. The van der Waals surface area contributed by atoms with E-state index in [9.17, 15) is 9.59 Å². The molecule has 0 saturated heterocycles. The van der Waals surface area contributed by atoms with Crippen LogP contribution < -0.4 is 16.0 Å². The topological polar surface area (TPSA) is 88.0 Å². The Labute approximate surface area is 147 Å². The average molecular weight is 343 g/mol. The van der Waals surface area contributed by atoms with Gasteiger partial charge >= 0.3 is 6.03 Å². The SMILES string of the molecule is Cc1ccn(CCNC(=O)Nc2cc(C(=O)NC(C)C)ccc2C)n1. The van der Waals surface area contributed by atoms with Crippen molar-refractivity contribution >= 4 is 17.6 Å². The molecule has 1 heterocycles. The van der Waals surface area contributed by atoms with Crippen molar-refractivity contribution in [2.45, 2.75) is 40.3 Å². The fraction of sp³-hybridized carbons (Fsp3) is 0.389. The lowest BCUT2D eigenvalue weighted by molar-refractivity contribution is 0.0943. The van der Waals surface area contributed by atoms with Gasteiger partial charge in [-0.05, 0) is 51.5 Å². The first-order valence-electron chi connectivity index (χ1n) is 8.31. The third kappa shape index (κ3) is 5.63. The van der Waals surface area contributed by atoms with E-state index in [1.54, 1.807) is 16.8 Å². The van der Waals surface area contributed by atoms with Crippen LogP contribution in [0, 0.1) is 13.8 Å². The Morgan fingerprint density at radius 2 is 1.96 bits per heavy atom. The highest BCUT2D eigenvalue weighted by Gasteiger charge is 2.11. The highest BCUT2D eigenvalue weighted by atomic mass is 16.2. The van der Waals surface area contributed by atoms with E-state index in [2.05, 4.69) is 21.0 Å². The summed E-state index contributed by atoms with van der Waals surface area (Å²) < 4.78 is 1.78. The van der Waals surface area contributed by atoms with Crippen LogP contribution in [0.3, 0.4) is 0 Å². The Kier molecular flexibility index (Phi) is 6.16. The number of benzene rings is 1. The zero-order chi connectivity index (χ0) is 18.4. The molecule has 7 heteroatoms. The van der Waals surface area contributed by atoms with E-state index in [-0.39, 0.29) is 18.0 Å². The van der Waals surface area contributed by atoms with Crippen LogP contribution >= 0.6 is 0 Å². The van der Waals surface area contributed by atoms with Crippen molar-refractivity contribution < 1.29 is 9.59 Å². The molecule has 2 aromatic rings. The summed E-state index contributed by atoms with van der Waals surface area (Å²) in [4.78, 5) is 24.2. The van der Waals surface area contributed by atoms with Crippen molar-refractivity contribution in [3.8, 4) is 0 Å². The number of carbonyl (C=O) groups is 2. The molecule has 2 rings (SSSR count). The van der Waals surface area contributed by atoms with Gasteiger partial charge in [0.25, 0.3) is 5.91 Å². The number of amides is 3. The Morgan fingerprint density at radius 3 is 2.60 bits per heavy atom. The van der Waals surface area contributed by atoms with Gasteiger partial charge in [-0.2, -0.15) is 5.10 Å². The molecular formula is C18H25N5O2. The quantitative estimate of drug-likeness (QED) is 0.753. The van der Waals surface area contributed by atoms with Crippen molar-refractivity contribution in [3.05, 3.63) is 47.3 Å². The Bertz CT molecular complexity index is 752. The molecule has 0 unspecified atom stereocenters. The summed E-state index contributed by atoms with van der Waals surface area (Å²) in [5, 5.41) is 12.7. The van der Waals surface area contributed by atoms with Crippen LogP contribution in [-0.2, 0) is 6.54 Å². The predicted molar refractivity (Wildman–Crippen MR) is 97.8 cm³/mol. The highest BCUT2D eigenvalue weighted by molar-refractivity contribution is 5.97. The molecular weight excluding hydrogens is 318 g/mol. The third-order valence-electron chi connectivity index (χ3n) is 3.57. The largest absolute Gasteiger partial charge is 0.350 e. The number of aryl methyl sites for hydroxylation is 2. The lowest BCUT2D eigenvalue weighted by Gasteiger charge is -2.13. The molecule has 0 aliphatic carbocycles. The lowest BCUT2D eigenvalue weighted by Crippen LogP contribution is -2.32. The summed E-state index contributed by atoms with van der Waals surface area (Å²) in [6.45, 7) is 8.66. The van der Waals surface area contributed by atoms with Gasteiger partial charge in [0.05, 0.1) is 12.2 Å². The van der Waals surface area contributed by atoms with E-state index in [4.69, 9.17) is 0 Å². The predicted octanol–water partition coefficient (Wildman–Crippen LogP) is 2.46. The fourth-order valence-corrected chi connectivity index (χ4v) is 2.28. The van der Waals surface area contributed by atoms with E-state index in [1.807, 2.05) is 46.0 Å². The Morgan fingerprint density at radius 1 is 1.20 bits per heavy atom. The zero-order valence-corrected chi connectivity index (χ0v) is 15.1. The molecule has 3 N–H and O–H groups in total. The maximum absolute atomic E-state index is 12.1. The number of carbonyl (C=O) groups excluding carboxylic acids is 2. The average Bonchev–Trinajstić information content (AvgIpc) is 2.94. The number of nitrogens with zero attached hydrogens (tertiary/aromatic N) is 2. The molecule has 25 heavy (non-hydrogen) atoms. The maximum Gasteiger partial charge on any atom is 0.319 e. The molecule has 0 aliphatic rings. The number of nitrogens with one attached hydrogen (secondary N) is 3. The van der Waals surface area contributed by atoms with Gasteiger partial charge in [0.2, 0.25) is 0 Å². The number of anilines is 1. The van der Waals surface area contributed by atoms with Crippen LogP contribution in [0.2, 0.25) is 0 Å². The van der Waals surface area contributed by atoms with Gasteiger partial charge in [0, 0.05) is 30.0 Å². The van der Waals surface area contributed by atoms with Crippen LogP contribution in [0.4, 0.5) is 10.5 Å². The van der Waals surface area contributed by atoms with Gasteiger partial charge in [0.1, 0.15) is 0 Å². The first-order chi connectivity index (χ1) is 11.8. The van der Waals surface area contributed by atoms with Crippen LogP contribution in [0.1, 0.15) is 35.5 Å². The third-order valence-corrected chi connectivity index (χ3v) is 3.57. The van der Waals surface area contributed by atoms with Gasteiger partial charge in [-0.3, -0.25) is 9.48 Å². The standard InChI is InChI=1S/C18H25N5O2/c1-12(2)20-17(24)15-6-5-13(3)16(11-15)21-18(25)19-8-10-23-9-7-14(4)22-23/h5-7,9,11-12H,8,10H2,1-4H3,(H,20,24)(H2,19,21,25). The van der Waals surface area contributed by atoms with E-state index >= 15 is 0 Å². The number of hydrogen-bond donors (Lipinski definition) is 3. The van der Waals surface area contributed by atoms with Crippen molar-refractivity contribution in [2.24, 2.45) is 0 Å². The first-order valence-corrected chi connectivity index (χ1v) is 8.31. The van der Waals surface area contributed by atoms with E-state index in [1.165, 1.54) is 0 Å². The molecule has 3 amide bonds. The number of rotatable bonds is 6. The van der Waals surface area contributed by atoms with Gasteiger partial charge in [-0.1, -0.05) is 6.07 Å². The molecule has 0 bridgehead atoms. The summed E-state index contributed by atoms with van der Waals surface area (Å²) in [6, 6.07) is 6.90. The first kappa shape index (κ1) is 18.5. The molecule has 134 valence electrons. The van der Waals surface area contributed by atoms with Gasteiger partial charge in [-0.15, -0.1) is 0 Å². The van der Waals surface area contributed by atoms with Gasteiger partial charge in [0.15, 0.2) is 0 Å². The van der Waals surface area contributed by atoms with Gasteiger partial charge < -0.3 is 16.0 Å².